The molecule has 3 aliphatic heterocycles. The van der Waals surface area contributed by atoms with Crippen molar-refractivity contribution in [1.29, 1.82) is 0 Å². The zero-order chi connectivity index (χ0) is 48.5. The number of primary amides is 1. The number of nitrogens with zero attached hydrogens (tertiary/aromatic N) is 3. The topological polar surface area (TPSA) is 200 Å². The summed E-state index contributed by atoms with van der Waals surface area (Å²) in [5, 5.41) is 5.02. The normalized spacial score (nSPS) is 22.9. The SMILES string of the molecule is CC.CC.CC(=O)NS(=O)(=O)C1(C)CC1.CC(C)(OC(N)=O)C(F)(F)F.C[C@H]1CC/C=C\CNC(=O)[C@@H]2C[C@@H](Oc3ncc(N4CCOCC4)c4ccccc34)CN2C(=O)C[C@H](C)C1.[HH].[HH].[HH]. The number of rotatable bonds is 6. The van der Waals surface area contributed by atoms with Crippen molar-refractivity contribution in [3.63, 3.8) is 0 Å². The van der Waals surface area contributed by atoms with Gasteiger partial charge in [-0.2, -0.15) is 13.2 Å². The van der Waals surface area contributed by atoms with Crippen molar-refractivity contribution in [3.8, 4) is 5.88 Å². The maximum absolute atomic E-state index is 13.4. The Morgan fingerprint density at radius 3 is 2.16 bits per heavy atom. The Labute approximate surface area is 381 Å². The van der Waals surface area contributed by atoms with E-state index < -0.39 is 44.6 Å². The molecule has 0 unspecified atom stereocenters. The highest BCUT2D eigenvalue weighted by Crippen LogP contribution is 2.42. The number of amides is 4. The van der Waals surface area contributed by atoms with E-state index >= 15 is 0 Å². The molecule has 4 aliphatic rings. The van der Waals surface area contributed by atoms with Crippen molar-refractivity contribution < 1.29 is 59.3 Å². The van der Waals surface area contributed by atoms with E-state index in [4.69, 9.17) is 14.5 Å². The standard InChI is InChI=1S/C30H40N4O4.C6H11NO3S.C5H8F3NO2.2C2H6.3H2/c1-21-8-4-3-7-11-31-29(36)26-18-23(20-34(26)28(35)17-22(2)16-21)38-30-25-10-6-5-9-24(25)27(19-32-30)33-12-14-37-15-13-33;1-5(8)7-11(9,10)6(2)3-4-6;1-4(2,5(6,7)8)11-3(9)10;2*1-2;;;/h3,5-7,9-10,19,21-23,26H,4,8,11-18,20H2,1-2H3,(H,31,36);3-4H2,1-2H3,(H,7,8);1-2H3,(H2,9,10);2*1-2H3;3*1H/b7-3-;;;;;;;/t21-,22+,23+,26-;;;;;;;/m0......./s1. The number of halogens is 3. The molecule has 4 heterocycles. The van der Waals surface area contributed by atoms with Crippen LogP contribution in [-0.2, 0) is 33.9 Å². The van der Waals surface area contributed by atoms with E-state index in [1.54, 1.807) is 11.8 Å². The van der Waals surface area contributed by atoms with Crippen LogP contribution in [0.25, 0.3) is 10.8 Å². The number of allylic oxidation sites excluding steroid dienone is 1. The van der Waals surface area contributed by atoms with Crippen LogP contribution in [-0.4, -0.2) is 110 Å². The number of carbonyl (C=O) groups excluding carboxylic acids is 4. The lowest BCUT2D eigenvalue weighted by molar-refractivity contribution is -0.243. The molecule has 6 rings (SSSR count). The van der Waals surface area contributed by atoms with Crippen LogP contribution in [0.15, 0.2) is 42.6 Å². The summed E-state index contributed by atoms with van der Waals surface area (Å²) in [6, 6.07) is 7.61. The first-order valence-corrected chi connectivity index (χ1v) is 23.7. The summed E-state index contributed by atoms with van der Waals surface area (Å²) in [4.78, 5) is 55.7. The van der Waals surface area contributed by atoms with Crippen molar-refractivity contribution >= 4 is 50.3 Å². The number of fused-ring (bicyclic) bond motifs is 2. The summed E-state index contributed by atoms with van der Waals surface area (Å²) in [7, 11) is -3.39. The third kappa shape index (κ3) is 16.4. The van der Waals surface area contributed by atoms with Crippen LogP contribution in [0.3, 0.4) is 0 Å². The van der Waals surface area contributed by atoms with E-state index in [2.05, 4.69) is 46.7 Å². The van der Waals surface area contributed by atoms with Crippen LogP contribution in [0.4, 0.5) is 23.7 Å². The molecular formula is C45H77F3N6O9S. The van der Waals surface area contributed by atoms with Gasteiger partial charge in [0.25, 0.3) is 0 Å². The van der Waals surface area contributed by atoms with Crippen molar-refractivity contribution in [2.75, 3.05) is 44.3 Å². The fraction of sp³-hybridized carbons (Fsp3) is 0.667. The van der Waals surface area contributed by atoms with Gasteiger partial charge in [0.1, 0.15) is 12.1 Å². The maximum atomic E-state index is 13.4. The minimum Gasteiger partial charge on any atom is -0.472 e. The highest BCUT2D eigenvalue weighted by atomic mass is 32.2. The van der Waals surface area contributed by atoms with E-state index in [0.717, 1.165) is 62.7 Å². The average Bonchev–Trinajstić information content (AvgIpc) is 3.86. The number of anilines is 1. The molecule has 1 aromatic carbocycles. The number of hydrogen-bond donors (Lipinski definition) is 3. The van der Waals surface area contributed by atoms with Crippen LogP contribution in [0, 0.1) is 11.8 Å². The molecule has 0 spiro atoms. The second-order valence-electron chi connectivity index (χ2n) is 16.6. The molecule has 1 aromatic heterocycles. The second kappa shape index (κ2) is 25.2. The second-order valence-corrected chi connectivity index (χ2v) is 18.8. The number of pyridine rings is 1. The molecule has 0 radical (unpaired) electrons. The third-order valence-electron chi connectivity index (χ3n) is 10.9. The number of sulfonamides is 1. The van der Waals surface area contributed by atoms with Gasteiger partial charge in [-0.05, 0) is 70.8 Å². The number of nitrogens with two attached hydrogens (primary N) is 1. The van der Waals surface area contributed by atoms with Crippen molar-refractivity contribution in [3.05, 3.63) is 42.6 Å². The van der Waals surface area contributed by atoms with E-state index in [1.165, 1.54) is 6.92 Å². The summed E-state index contributed by atoms with van der Waals surface area (Å²) >= 11 is 0. The molecule has 15 nitrogen and oxygen atoms in total. The number of morpholine rings is 1. The van der Waals surface area contributed by atoms with E-state index in [-0.39, 0.29) is 28.1 Å². The molecule has 4 N–H and O–H groups in total. The van der Waals surface area contributed by atoms with Gasteiger partial charge >= 0.3 is 12.3 Å². The number of benzene rings is 1. The summed E-state index contributed by atoms with van der Waals surface area (Å²) in [6.45, 7) is 20.6. The van der Waals surface area contributed by atoms with Gasteiger partial charge in [0.05, 0.1) is 36.4 Å². The summed E-state index contributed by atoms with van der Waals surface area (Å²) in [6.07, 6.45) is 5.00. The molecule has 2 aromatic rings. The smallest absolute Gasteiger partial charge is 0.427 e. The number of aromatic nitrogens is 1. The molecule has 1 aliphatic carbocycles. The number of alkyl halides is 3. The molecule has 0 bridgehead atoms. The molecule has 4 atom stereocenters. The molecule has 3 fully saturated rings. The maximum Gasteiger partial charge on any atom is 0.427 e. The number of nitrogens with one attached hydrogen (secondary N) is 2. The van der Waals surface area contributed by atoms with Crippen LogP contribution in [0.2, 0.25) is 0 Å². The molecular weight excluding hydrogens is 858 g/mol. The van der Waals surface area contributed by atoms with Gasteiger partial charge in [0.2, 0.25) is 39.2 Å². The monoisotopic (exact) mass is 935 g/mol. The van der Waals surface area contributed by atoms with Crippen molar-refractivity contribution in [1.82, 2.24) is 19.9 Å². The van der Waals surface area contributed by atoms with Crippen LogP contribution < -0.4 is 25.4 Å². The minimum atomic E-state index is -4.60. The molecule has 4 amide bonds. The fourth-order valence-corrected chi connectivity index (χ4v) is 8.36. The van der Waals surface area contributed by atoms with E-state index in [9.17, 15) is 40.8 Å². The quantitative estimate of drug-likeness (QED) is 0.236. The fourth-order valence-electron chi connectivity index (χ4n) is 7.10. The molecule has 1 saturated carbocycles. The largest absolute Gasteiger partial charge is 0.472 e. The number of ether oxygens (including phenoxy) is 3. The molecule has 368 valence electrons. The predicted molar refractivity (Wildman–Crippen MR) is 248 cm³/mol. The Bertz CT molecular complexity index is 1990. The van der Waals surface area contributed by atoms with Crippen molar-refractivity contribution in [2.45, 2.75) is 143 Å². The van der Waals surface area contributed by atoms with Gasteiger partial charge < -0.3 is 35.1 Å². The van der Waals surface area contributed by atoms with Crippen LogP contribution in [0.5, 0.6) is 5.88 Å². The summed E-state index contributed by atoms with van der Waals surface area (Å²) < 4.78 is 75.0. The summed E-state index contributed by atoms with van der Waals surface area (Å²) in [5.74, 6) is 0.776. The van der Waals surface area contributed by atoms with Crippen LogP contribution >= 0.6 is 0 Å². The zero-order valence-corrected chi connectivity index (χ0v) is 40.0. The highest BCUT2D eigenvalue weighted by molar-refractivity contribution is 7.91. The van der Waals surface area contributed by atoms with Gasteiger partial charge in [-0.25, -0.2) is 18.2 Å². The summed E-state index contributed by atoms with van der Waals surface area (Å²) in [5.41, 5.74) is 2.97. The van der Waals surface area contributed by atoms with Gasteiger partial charge in [-0.15, -0.1) is 0 Å². The first-order valence-electron chi connectivity index (χ1n) is 22.2. The first kappa shape index (κ1) is 55.5. The molecule has 2 saturated heterocycles. The van der Waals surface area contributed by atoms with Gasteiger partial charge in [-0.3, -0.25) is 19.1 Å². The number of hydrogen-bond acceptors (Lipinski definition) is 11. The van der Waals surface area contributed by atoms with Crippen molar-refractivity contribution in [2.24, 2.45) is 17.6 Å². The van der Waals surface area contributed by atoms with E-state index in [0.29, 0.717) is 63.8 Å². The lowest BCUT2D eigenvalue weighted by atomic mass is 9.91. The Morgan fingerprint density at radius 1 is 1.00 bits per heavy atom. The Morgan fingerprint density at radius 2 is 1.61 bits per heavy atom. The van der Waals surface area contributed by atoms with Gasteiger partial charge in [0, 0.05) is 54.5 Å². The first-order chi connectivity index (χ1) is 30.0. The minimum absolute atomic E-state index is 0. The average molecular weight is 935 g/mol. The van der Waals surface area contributed by atoms with Crippen LogP contribution in [0.1, 0.15) is 118 Å². The predicted octanol–water partition coefficient (Wildman–Crippen LogP) is 8.16. The van der Waals surface area contributed by atoms with Gasteiger partial charge in [0.15, 0.2) is 0 Å². The molecule has 64 heavy (non-hydrogen) atoms. The van der Waals surface area contributed by atoms with E-state index in [1.807, 2.05) is 62.9 Å². The molecule has 19 heteroatoms. The van der Waals surface area contributed by atoms with Gasteiger partial charge in [-0.1, -0.05) is 71.9 Å². The zero-order valence-electron chi connectivity index (χ0n) is 39.2. The Hall–Kier alpha value is -4.65. The highest BCUT2D eigenvalue weighted by Gasteiger charge is 2.51. The third-order valence-corrected chi connectivity index (χ3v) is 13.1. The Balaban J connectivity index is 0. The lowest BCUT2D eigenvalue weighted by Crippen LogP contribution is -2.46. The Kier molecular flexibility index (Phi) is 21.8. The number of carbonyl (C=O) groups is 4. The lowest BCUT2D eigenvalue weighted by Gasteiger charge is -2.30.